The molecule has 126 valence electrons. The van der Waals surface area contributed by atoms with E-state index in [0.717, 1.165) is 19.1 Å². The third-order valence-electron chi connectivity index (χ3n) is 5.37. The maximum absolute atomic E-state index is 12.2. The predicted octanol–water partition coefficient (Wildman–Crippen LogP) is 1.88. The fourth-order valence-corrected chi connectivity index (χ4v) is 4.16. The molecule has 0 spiro atoms. The summed E-state index contributed by atoms with van der Waals surface area (Å²) in [5.41, 5.74) is -0.394. The number of amides is 1. The van der Waals surface area contributed by atoms with Crippen molar-refractivity contribution in [3.63, 3.8) is 0 Å². The van der Waals surface area contributed by atoms with E-state index in [1.165, 1.54) is 39.0 Å². The number of hydrogen-bond donors (Lipinski definition) is 0. The van der Waals surface area contributed by atoms with Crippen molar-refractivity contribution in [3.8, 4) is 0 Å². The molecule has 0 aromatic carbocycles. The standard InChI is InChI=1S/C17H31N3O2/c1-17(2,3)22-16(21)20-11-13-9-19(10-14(13)12-20)15-5-7-18(4)8-6-15/h13-15H,5-12H2,1-4H3. The van der Waals surface area contributed by atoms with Crippen LogP contribution in [0.1, 0.15) is 33.6 Å². The summed E-state index contributed by atoms with van der Waals surface area (Å²) >= 11 is 0. The Hall–Kier alpha value is -0.810. The molecule has 3 aliphatic heterocycles. The van der Waals surface area contributed by atoms with Crippen LogP contribution >= 0.6 is 0 Å². The average Bonchev–Trinajstić information content (AvgIpc) is 2.95. The van der Waals surface area contributed by atoms with E-state index in [2.05, 4.69) is 16.8 Å². The third-order valence-corrected chi connectivity index (χ3v) is 5.37. The molecule has 0 saturated carbocycles. The molecular weight excluding hydrogens is 278 g/mol. The lowest BCUT2D eigenvalue weighted by atomic mass is 10.0. The molecule has 2 unspecified atom stereocenters. The van der Waals surface area contributed by atoms with Crippen molar-refractivity contribution in [2.75, 3.05) is 46.3 Å². The lowest BCUT2D eigenvalue weighted by Crippen LogP contribution is -2.44. The van der Waals surface area contributed by atoms with Gasteiger partial charge in [0.1, 0.15) is 5.60 Å². The SMILES string of the molecule is CN1CCC(N2CC3CN(C(=O)OC(C)(C)C)CC3C2)CC1. The van der Waals surface area contributed by atoms with Gasteiger partial charge in [-0.05, 0) is 65.6 Å². The molecule has 3 heterocycles. The van der Waals surface area contributed by atoms with E-state index in [-0.39, 0.29) is 6.09 Å². The number of carbonyl (C=O) groups is 1. The number of fused-ring (bicyclic) bond motifs is 1. The molecule has 3 saturated heterocycles. The van der Waals surface area contributed by atoms with E-state index in [9.17, 15) is 4.79 Å². The summed E-state index contributed by atoms with van der Waals surface area (Å²) in [7, 11) is 2.22. The van der Waals surface area contributed by atoms with Crippen molar-refractivity contribution in [1.29, 1.82) is 0 Å². The molecule has 0 aromatic rings. The average molecular weight is 309 g/mol. The van der Waals surface area contributed by atoms with Crippen LogP contribution in [-0.4, -0.2) is 78.8 Å². The van der Waals surface area contributed by atoms with Crippen LogP contribution in [0.5, 0.6) is 0 Å². The van der Waals surface area contributed by atoms with Crippen LogP contribution in [0.3, 0.4) is 0 Å². The van der Waals surface area contributed by atoms with Crippen LogP contribution in [0.4, 0.5) is 4.79 Å². The van der Waals surface area contributed by atoms with E-state index in [0.29, 0.717) is 11.8 Å². The Balaban J connectivity index is 1.49. The van der Waals surface area contributed by atoms with E-state index in [1.54, 1.807) is 0 Å². The molecule has 5 nitrogen and oxygen atoms in total. The van der Waals surface area contributed by atoms with Crippen LogP contribution in [-0.2, 0) is 4.74 Å². The first-order valence-corrected chi connectivity index (χ1v) is 8.72. The first-order valence-electron chi connectivity index (χ1n) is 8.72. The summed E-state index contributed by atoms with van der Waals surface area (Å²) in [6.45, 7) is 12.3. The summed E-state index contributed by atoms with van der Waals surface area (Å²) in [6.07, 6.45) is 2.46. The van der Waals surface area contributed by atoms with Crippen molar-refractivity contribution in [2.24, 2.45) is 11.8 Å². The molecule has 0 radical (unpaired) electrons. The Kier molecular flexibility index (Phi) is 4.38. The number of rotatable bonds is 1. The maximum atomic E-state index is 12.2. The maximum Gasteiger partial charge on any atom is 0.410 e. The van der Waals surface area contributed by atoms with Gasteiger partial charge in [0.15, 0.2) is 0 Å². The zero-order chi connectivity index (χ0) is 15.9. The van der Waals surface area contributed by atoms with Gasteiger partial charge < -0.3 is 14.5 Å². The Bertz CT molecular complexity index is 399. The van der Waals surface area contributed by atoms with Crippen LogP contribution in [0, 0.1) is 11.8 Å². The van der Waals surface area contributed by atoms with E-state index in [1.807, 2.05) is 25.7 Å². The van der Waals surface area contributed by atoms with Crippen molar-refractivity contribution >= 4 is 6.09 Å². The summed E-state index contributed by atoms with van der Waals surface area (Å²) in [5, 5.41) is 0. The lowest BCUT2D eigenvalue weighted by molar-refractivity contribution is 0.0268. The zero-order valence-electron chi connectivity index (χ0n) is 14.5. The Morgan fingerprint density at radius 3 is 2.05 bits per heavy atom. The Morgan fingerprint density at radius 2 is 1.55 bits per heavy atom. The fraction of sp³-hybridized carbons (Fsp3) is 0.941. The van der Waals surface area contributed by atoms with E-state index < -0.39 is 5.60 Å². The second-order valence-corrected chi connectivity index (χ2v) is 8.39. The van der Waals surface area contributed by atoms with Gasteiger partial charge in [-0.2, -0.15) is 0 Å². The number of piperidine rings is 1. The molecule has 3 rings (SSSR count). The minimum atomic E-state index is -0.394. The van der Waals surface area contributed by atoms with E-state index >= 15 is 0 Å². The van der Waals surface area contributed by atoms with Gasteiger partial charge in [0.05, 0.1) is 0 Å². The normalized spacial score (nSPS) is 31.5. The van der Waals surface area contributed by atoms with E-state index in [4.69, 9.17) is 4.74 Å². The molecule has 0 N–H and O–H groups in total. The number of carbonyl (C=O) groups excluding carboxylic acids is 1. The quantitative estimate of drug-likeness (QED) is 0.741. The highest BCUT2D eigenvalue weighted by Gasteiger charge is 2.44. The second kappa shape index (κ2) is 6.00. The largest absolute Gasteiger partial charge is 0.444 e. The molecule has 0 aromatic heterocycles. The Morgan fingerprint density at radius 1 is 1.00 bits per heavy atom. The second-order valence-electron chi connectivity index (χ2n) is 8.39. The highest BCUT2D eigenvalue weighted by atomic mass is 16.6. The van der Waals surface area contributed by atoms with Gasteiger partial charge in [0, 0.05) is 32.2 Å². The molecule has 1 amide bonds. The number of nitrogens with zero attached hydrogens (tertiary/aromatic N) is 3. The van der Waals surface area contributed by atoms with Gasteiger partial charge in [-0.1, -0.05) is 0 Å². The van der Waals surface area contributed by atoms with Gasteiger partial charge in [-0.3, -0.25) is 4.90 Å². The zero-order valence-corrected chi connectivity index (χ0v) is 14.5. The molecular formula is C17H31N3O2. The van der Waals surface area contributed by atoms with Crippen molar-refractivity contribution < 1.29 is 9.53 Å². The third kappa shape index (κ3) is 3.57. The van der Waals surface area contributed by atoms with Gasteiger partial charge >= 0.3 is 6.09 Å². The smallest absolute Gasteiger partial charge is 0.410 e. The number of hydrogen-bond acceptors (Lipinski definition) is 4. The predicted molar refractivity (Wildman–Crippen MR) is 86.9 cm³/mol. The van der Waals surface area contributed by atoms with Crippen LogP contribution in [0.15, 0.2) is 0 Å². The van der Waals surface area contributed by atoms with Crippen molar-refractivity contribution in [2.45, 2.75) is 45.3 Å². The number of likely N-dealkylation sites (tertiary alicyclic amines) is 3. The summed E-state index contributed by atoms with van der Waals surface area (Å²) in [4.78, 5) is 19.2. The minimum absolute atomic E-state index is 0.132. The fourth-order valence-electron chi connectivity index (χ4n) is 4.16. The lowest BCUT2D eigenvalue weighted by Gasteiger charge is -2.35. The highest BCUT2D eigenvalue weighted by Crippen LogP contribution is 2.34. The summed E-state index contributed by atoms with van der Waals surface area (Å²) < 4.78 is 5.51. The molecule has 2 atom stereocenters. The summed E-state index contributed by atoms with van der Waals surface area (Å²) in [6, 6.07) is 0.761. The van der Waals surface area contributed by atoms with Gasteiger partial charge in [-0.25, -0.2) is 4.79 Å². The molecule has 3 fully saturated rings. The van der Waals surface area contributed by atoms with Gasteiger partial charge in [0.25, 0.3) is 0 Å². The molecule has 22 heavy (non-hydrogen) atoms. The van der Waals surface area contributed by atoms with Crippen molar-refractivity contribution in [3.05, 3.63) is 0 Å². The Labute approximate surface area is 134 Å². The topological polar surface area (TPSA) is 36.0 Å². The minimum Gasteiger partial charge on any atom is -0.444 e. The van der Waals surface area contributed by atoms with Crippen molar-refractivity contribution in [1.82, 2.24) is 14.7 Å². The molecule has 3 aliphatic rings. The molecule has 0 bridgehead atoms. The van der Waals surface area contributed by atoms with Gasteiger partial charge in [0.2, 0.25) is 0 Å². The monoisotopic (exact) mass is 309 g/mol. The summed E-state index contributed by atoms with van der Waals surface area (Å²) in [5.74, 6) is 1.29. The highest BCUT2D eigenvalue weighted by molar-refractivity contribution is 5.68. The number of ether oxygens (including phenoxy) is 1. The van der Waals surface area contributed by atoms with Gasteiger partial charge in [-0.15, -0.1) is 0 Å². The van der Waals surface area contributed by atoms with Crippen LogP contribution < -0.4 is 0 Å². The van der Waals surface area contributed by atoms with Crippen LogP contribution in [0.25, 0.3) is 0 Å². The molecule has 5 heteroatoms. The van der Waals surface area contributed by atoms with Crippen LogP contribution in [0.2, 0.25) is 0 Å². The first kappa shape index (κ1) is 16.1. The first-order chi connectivity index (χ1) is 10.3. The molecule has 0 aliphatic carbocycles.